The molecule has 2 aromatic carbocycles. The van der Waals surface area contributed by atoms with E-state index in [1.807, 2.05) is 6.92 Å². The molecule has 25 heavy (non-hydrogen) atoms. The zero-order chi connectivity index (χ0) is 18.2. The molecule has 0 atom stereocenters. The molecule has 0 aliphatic rings. The van der Waals surface area contributed by atoms with Crippen molar-refractivity contribution >= 4 is 17.6 Å². The highest BCUT2D eigenvalue weighted by atomic mass is 16.5. The molecule has 0 aliphatic heterocycles. The highest BCUT2D eigenvalue weighted by Crippen LogP contribution is 2.19. The quantitative estimate of drug-likeness (QED) is 0.766. The molecule has 2 N–H and O–H groups in total. The van der Waals surface area contributed by atoms with Gasteiger partial charge in [0.1, 0.15) is 11.5 Å². The molecule has 132 valence electrons. The van der Waals surface area contributed by atoms with Crippen LogP contribution in [0.2, 0.25) is 0 Å². The predicted molar refractivity (Wildman–Crippen MR) is 94.5 cm³/mol. The number of anilines is 1. The maximum Gasteiger partial charge on any atom is 0.335 e. The fourth-order valence-electron chi connectivity index (χ4n) is 2.08. The molecule has 6 heteroatoms. The predicted octanol–water partition coefficient (Wildman–Crippen LogP) is 3.50. The van der Waals surface area contributed by atoms with Gasteiger partial charge in [-0.25, -0.2) is 4.79 Å². The maximum absolute atomic E-state index is 12.0. The number of aryl methyl sites for hydroxylation is 1. The third kappa shape index (κ3) is 5.53. The van der Waals surface area contributed by atoms with Crippen molar-refractivity contribution in [3.05, 3.63) is 53.6 Å². The minimum Gasteiger partial charge on any atom is -0.494 e. The molecule has 0 saturated carbocycles. The highest BCUT2D eigenvalue weighted by Gasteiger charge is 2.10. The van der Waals surface area contributed by atoms with Gasteiger partial charge in [-0.2, -0.15) is 0 Å². The summed E-state index contributed by atoms with van der Waals surface area (Å²) in [7, 11) is 0. The van der Waals surface area contributed by atoms with Crippen LogP contribution < -0.4 is 14.8 Å². The van der Waals surface area contributed by atoms with Gasteiger partial charge in [-0.15, -0.1) is 0 Å². The molecule has 6 nitrogen and oxygen atoms in total. The van der Waals surface area contributed by atoms with E-state index in [-0.39, 0.29) is 18.1 Å². The van der Waals surface area contributed by atoms with Crippen molar-refractivity contribution in [2.75, 3.05) is 18.5 Å². The van der Waals surface area contributed by atoms with E-state index >= 15 is 0 Å². The summed E-state index contributed by atoms with van der Waals surface area (Å²) in [5, 5.41) is 11.7. The van der Waals surface area contributed by atoms with Gasteiger partial charge in [0, 0.05) is 5.69 Å². The van der Waals surface area contributed by atoms with Crippen LogP contribution in [0.3, 0.4) is 0 Å². The molecule has 2 aromatic rings. The first-order chi connectivity index (χ1) is 12.0. The number of aromatic carboxylic acids is 1. The van der Waals surface area contributed by atoms with Crippen LogP contribution in [-0.4, -0.2) is 30.2 Å². The summed E-state index contributed by atoms with van der Waals surface area (Å²) in [5.41, 5.74) is 1.34. The van der Waals surface area contributed by atoms with Crippen LogP contribution >= 0.6 is 0 Å². The fraction of sp³-hybridized carbons (Fsp3) is 0.263. The number of carbonyl (C=O) groups is 2. The SMILES string of the molecule is CCCOc1ccc(OCC(=O)Nc2cc(C(=O)O)ccc2C)cc1. The van der Waals surface area contributed by atoms with E-state index in [1.54, 1.807) is 37.3 Å². The first-order valence-corrected chi connectivity index (χ1v) is 7.99. The van der Waals surface area contributed by atoms with Gasteiger partial charge in [0.15, 0.2) is 6.61 Å². The topological polar surface area (TPSA) is 84.9 Å². The monoisotopic (exact) mass is 343 g/mol. The molecule has 0 heterocycles. The molecule has 0 aromatic heterocycles. The Labute approximate surface area is 146 Å². The number of carbonyl (C=O) groups excluding carboxylic acids is 1. The van der Waals surface area contributed by atoms with Crippen molar-refractivity contribution in [2.45, 2.75) is 20.3 Å². The van der Waals surface area contributed by atoms with Crippen LogP contribution in [-0.2, 0) is 4.79 Å². The van der Waals surface area contributed by atoms with E-state index in [9.17, 15) is 9.59 Å². The summed E-state index contributed by atoms with van der Waals surface area (Å²) < 4.78 is 10.9. The average Bonchev–Trinajstić information content (AvgIpc) is 2.60. The molecule has 0 saturated heterocycles. The Balaban J connectivity index is 1.90. The zero-order valence-corrected chi connectivity index (χ0v) is 14.2. The van der Waals surface area contributed by atoms with Gasteiger partial charge in [0.05, 0.1) is 12.2 Å². The number of carboxylic acids is 1. The fourth-order valence-corrected chi connectivity index (χ4v) is 2.08. The summed E-state index contributed by atoms with van der Waals surface area (Å²) in [6, 6.07) is 11.6. The average molecular weight is 343 g/mol. The van der Waals surface area contributed by atoms with Crippen LogP contribution in [0, 0.1) is 6.92 Å². The Morgan fingerprint density at radius 3 is 2.28 bits per heavy atom. The van der Waals surface area contributed by atoms with E-state index in [0.29, 0.717) is 18.0 Å². The number of benzene rings is 2. The molecule has 0 unspecified atom stereocenters. The summed E-state index contributed by atoms with van der Waals surface area (Å²) in [6.07, 6.45) is 0.931. The van der Waals surface area contributed by atoms with Gasteiger partial charge in [-0.3, -0.25) is 4.79 Å². The van der Waals surface area contributed by atoms with Crippen molar-refractivity contribution in [3.8, 4) is 11.5 Å². The van der Waals surface area contributed by atoms with E-state index < -0.39 is 5.97 Å². The lowest BCUT2D eigenvalue weighted by molar-refractivity contribution is -0.118. The number of nitrogens with one attached hydrogen (secondary N) is 1. The summed E-state index contributed by atoms with van der Waals surface area (Å²) in [6.45, 7) is 4.30. The lowest BCUT2D eigenvalue weighted by Crippen LogP contribution is -2.21. The summed E-state index contributed by atoms with van der Waals surface area (Å²) >= 11 is 0. The second-order valence-corrected chi connectivity index (χ2v) is 5.49. The van der Waals surface area contributed by atoms with Crippen LogP contribution in [0.15, 0.2) is 42.5 Å². The minimum absolute atomic E-state index is 0.115. The zero-order valence-electron chi connectivity index (χ0n) is 14.2. The van der Waals surface area contributed by atoms with Gasteiger partial charge in [-0.1, -0.05) is 13.0 Å². The van der Waals surface area contributed by atoms with Crippen molar-refractivity contribution in [3.63, 3.8) is 0 Å². The van der Waals surface area contributed by atoms with Crippen molar-refractivity contribution < 1.29 is 24.2 Å². The second-order valence-electron chi connectivity index (χ2n) is 5.49. The Morgan fingerprint density at radius 1 is 1.04 bits per heavy atom. The number of hydrogen-bond acceptors (Lipinski definition) is 4. The van der Waals surface area contributed by atoms with Gasteiger partial charge >= 0.3 is 5.97 Å². The van der Waals surface area contributed by atoms with E-state index in [0.717, 1.165) is 17.7 Å². The molecule has 0 spiro atoms. The van der Waals surface area contributed by atoms with Crippen LogP contribution in [0.5, 0.6) is 11.5 Å². The van der Waals surface area contributed by atoms with Crippen LogP contribution in [0.4, 0.5) is 5.69 Å². The molecular formula is C19H21NO5. The van der Waals surface area contributed by atoms with Crippen LogP contribution in [0.1, 0.15) is 29.3 Å². The van der Waals surface area contributed by atoms with Crippen molar-refractivity contribution in [2.24, 2.45) is 0 Å². The molecular weight excluding hydrogens is 322 g/mol. The summed E-state index contributed by atoms with van der Waals surface area (Å²) in [5.74, 6) is -0.108. The molecule has 2 rings (SSSR count). The number of rotatable bonds is 8. The summed E-state index contributed by atoms with van der Waals surface area (Å²) in [4.78, 5) is 23.0. The molecule has 1 amide bonds. The largest absolute Gasteiger partial charge is 0.494 e. The minimum atomic E-state index is -1.04. The molecule has 0 aliphatic carbocycles. The Kier molecular flexibility index (Phi) is 6.39. The van der Waals surface area contributed by atoms with E-state index in [2.05, 4.69) is 5.32 Å². The Morgan fingerprint density at radius 2 is 1.68 bits per heavy atom. The standard InChI is InChI=1S/C19H21NO5/c1-3-10-24-15-6-8-16(9-7-15)25-12-18(21)20-17-11-14(19(22)23)5-4-13(17)2/h4-9,11H,3,10,12H2,1-2H3,(H,20,21)(H,22,23). The Hall–Kier alpha value is -3.02. The molecule has 0 bridgehead atoms. The second kappa shape index (κ2) is 8.73. The van der Waals surface area contributed by atoms with Gasteiger partial charge in [0.2, 0.25) is 0 Å². The first kappa shape index (κ1) is 18.3. The smallest absolute Gasteiger partial charge is 0.335 e. The number of hydrogen-bond donors (Lipinski definition) is 2. The molecule has 0 fully saturated rings. The van der Waals surface area contributed by atoms with Crippen molar-refractivity contribution in [1.29, 1.82) is 0 Å². The van der Waals surface area contributed by atoms with E-state index in [1.165, 1.54) is 12.1 Å². The number of amides is 1. The van der Waals surface area contributed by atoms with Gasteiger partial charge in [-0.05, 0) is 55.3 Å². The molecule has 0 radical (unpaired) electrons. The number of carboxylic acid groups (broad SMARTS) is 1. The van der Waals surface area contributed by atoms with Gasteiger partial charge in [0.25, 0.3) is 5.91 Å². The van der Waals surface area contributed by atoms with Crippen molar-refractivity contribution in [1.82, 2.24) is 0 Å². The Bertz CT molecular complexity index is 740. The lowest BCUT2D eigenvalue weighted by Gasteiger charge is -2.11. The number of ether oxygens (including phenoxy) is 2. The normalized spacial score (nSPS) is 10.2. The highest BCUT2D eigenvalue weighted by molar-refractivity contribution is 5.95. The van der Waals surface area contributed by atoms with Gasteiger partial charge < -0.3 is 19.9 Å². The first-order valence-electron chi connectivity index (χ1n) is 7.99. The maximum atomic E-state index is 12.0. The lowest BCUT2D eigenvalue weighted by atomic mass is 10.1. The van der Waals surface area contributed by atoms with E-state index in [4.69, 9.17) is 14.6 Å². The third-order valence-electron chi connectivity index (χ3n) is 3.43. The third-order valence-corrected chi connectivity index (χ3v) is 3.43. The van der Waals surface area contributed by atoms with Crippen LogP contribution in [0.25, 0.3) is 0 Å².